The molecule has 0 spiro atoms. The quantitative estimate of drug-likeness (QED) is 0.272. The molecule has 0 heterocycles. The van der Waals surface area contributed by atoms with Gasteiger partial charge in [0.15, 0.2) is 0 Å². The van der Waals surface area contributed by atoms with E-state index in [1.807, 2.05) is 0 Å². The molecule has 0 aliphatic heterocycles. The number of hydrazone groups is 1. The minimum absolute atomic E-state index is 0.112. The smallest absolute Gasteiger partial charge is 0.329 e. The lowest BCUT2D eigenvalue weighted by Gasteiger charge is -2.11. The van der Waals surface area contributed by atoms with Crippen LogP contribution in [0.15, 0.2) is 47.6 Å². The van der Waals surface area contributed by atoms with E-state index in [0.717, 1.165) is 0 Å². The van der Waals surface area contributed by atoms with Crippen molar-refractivity contribution in [1.82, 2.24) is 5.43 Å². The van der Waals surface area contributed by atoms with Crippen molar-refractivity contribution in [1.29, 1.82) is 0 Å². The van der Waals surface area contributed by atoms with Crippen LogP contribution < -0.4 is 30.8 Å². The second-order valence-electron chi connectivity index (χ2n) is 6.79. The number of carbonyl (C=O) groups is 4. The van der Waals surface area contributed by atoms with Gasteiger partial charge in [-0.3, -0.25) is 19.2 Å². The molecule has 4 N–H and O–H groups in total. The van der Waals surface area contributed by atoms with Gasteiger partial charge in [-0.15, -0.1) is 0 Å². The summed E-state index contributed by atoms with van der Waals surface area (Å²) in [7, 11) is 2.89. The first kappa shape index (κ1) is 24.9. The molecular weight excluding hydrogens is 430 g/mol. The van der Waals surface area contributed by atoms with E-state index in [0.29, 0.717) is 22.9 Å². The van der Waals surface area contributed by atoms with Crippen LogP contribution in [0.25, 0.3) is 0 Å². The van der Waals surface area contributed by atoms with Gasteiger partial charge in [0.1, 0.15) is 11.5 Å². The van der Waals surface area contributed by atoms with Crippen LogP contribution in [0.3, 0.4) is 0 Å². The Morgan fingerprint density at radius 2 is 1.45 bits per heavy atom. The third-order valence-electron chi connectivity index (χ3n) is 4.11. The lowest BCUT2D eigenvalue weighted by molar-refractivity contribution is -0.136. The van der Waals surface area contributed by atoms with E-state index in [-0.39, 0.29) is 29.6 Å². The summed E-state index contributed by atoms with van der Waals surface area (Å²) in [6, 6.07) is 11.3. The van der Waals surface area contributed by atoms with Crippen LogP contribution in [0.1, 0.15) is 20.3 Å². The third-order valence-corrected chi connectivity index (χ3v) is 4.11. The molecule has 2 aromatic rings. The summed E-state index contributed by atoms with van der Waals surface area (Å²) in [5.41, 5.74) is 3.77. The monoisotopic (exact) mass is 455 g/mol. The first-order chi connectivity index (χ1) is 15.7. The number of carbonyl (C=O) groups excluding carboxylic acids is 4. The lowest BCUT2D eigenvalue weighted by Crippen LogP contribution is -2.33. The molecule has 11 heteroatoms. The highest BCUT2D eigenvalue weighted by Gasteiger charge is 2.16. The van der Waals surface area contributed by atoms with Gasteiger partial charge in [-0.1, -0.05) is 0 Å². The number of nitrogens with zero attached hydrogens (tertiary/aromatic N) is 1. The molecule has 0 fully saturated rings. The van der Waals surface area contributed by atoms with Crippen LogP contribution in [0.4, 0.5) is 17.1 Å². The van der Waals surface area contributed by atoms with Crippen LogP contribution >= 0.6 is 0 Å². The normalized spacial score (nSPS) is 10.6. The molecule has 0 aliphatic rings. The molecule has 0 unspecified atom stereocenters. The minimum Gasteiger partial charge on any atom is -0.497 e. The highest BCUT2D eigenvalue weighted by atomic mass is 16.5. The maximum atomic E-state index is 12.2. The van der Waals surface area contributed by atoms with Crippen molar-refractivity contribution in [3.63, 3.8) is 0 Å². The Morgan fingerprint density at radius 1 is 0.818 bits per heavy atom. The van der Waals surface area contributed by atoms with Crippen LogP contribution in [-0.2, 0) is 19.2 Å². The summed E-state index contributed by atoms with van der Waals surface area (Å²) in [6.45, 7) is 2.93. The first-order valence-corrected chi connectivity index (χ1v) is 9.75. The largest absolute Gasteiger partial charge is 0.497 e. The van der Waals surface area contributed by atoms with E-state index in [1.54, 1.807) is 36.4 Å². The summed E-state index contributed by atoms with van der Waals surface area (Å²) in [4.78, 5) is 47.4. The summed E-state index contributed by atoms with van der Waals surface area (Å²) in [5, 5.41) is 11.5. The average Bonchev–Trinajstić information content (AvgIpc) is 2.78. The second kappa shape index (κ2) is 11.8. The summed E-state index contributed by atoms with van der Waals surface area (Å²) in [6.07, 6.45) is -0.112. The predicted octanol–water partition coefficient (Wildman–Crippen LogP) is 2.12. The van der Waals surface area contributed by atoms with E-state index in [9.17, 15) is 19.2 Å². The van der Waals surface area contributed by atoms with Gasteiger partial charge in [0.25, 0.3) is 0 Å². The fourth-order valence-electron chi connectivity index (χ4n) is 2.61. The van der Waals surface area contributed by atoms with Gasteiger partial charge in [-0.05, 0) is 43.3 Å². The lowest BCUT2D eigenvalue weighted by atomic mass is 10.2. The fraction of sp³-hybridized carbons (Fsp3) is 0.227. The predicted molar refractivity (Wildman–Crippen MR) is 123 cm³/mol. The molecule has 2 rings (SSSR count). The Bertz CT molecular complexity index is 1070. The number of hydrogen-bond acceptors (Lipinski definition) is 7. The van der Waals surface area contributed by atoms with Crippen molar-refractivity contribution in [2.45, 2.75) is 20.3 Å². The number of anilines is 3. The van der Waals surface area contributed by atoms with Gasteiger partial charge in [0.05, 0.1) is 26.3 Å². The zero-order valence-electron chi connectivity index (χ0n) is 18.6. The van der Waals surface area contributed by atoms with E-state index < -0.39 is 11.8 Å². The Labute approximate surface area is 190 Å². The van der Waals surface area contributed by atoms with Gasteiger partial charge < -0.3 is 25.4 Å². The molecule has 0 atom stereocenters. The molecule has 0 saturated carbocycles. The minimum atomic E-state index is -1.02. The van der Waals surface area contributed by atoms with E-state index in [1.165, 1.54) is 34.1 Å². The summed E-state index contributed by atoms with van der Waals surface area (Å²) < 4.78 is 10.2. The summed E-state index contributed by atoms with van der Waals surface area (Å²) in [5.74, 6) is -1.75. The SMILES string of the molecule is COc1ccc(OC)c(NC(=O)C(=O)N/N=C(/C)CC(=O)Nc2ccc(NC(C)=O)cc2)c1. The van der Waals surface area contributed by atoms with Crippen LogP contribution in [0.2, 0.25) is 0 Å². The molecule has 174 valence electrons. The molecule has 33 heavy (non-hydrogen) atoms. The van der Waals surface area contributed by atoms with Crippen molar-refractivity contribution < 1.29 is 28.7 Å². The van der Waals surface area contributed by atoms with Gasteiger partial charge in [-0.25, -0.2) is 5.43 Å². The molecular formula is C22H25N5O6. The number of rotatable bonds is 8. The number of methoxy groups -OCH3 is 2. The van der Waals surface area contributed by atoms with E-state index in [2.05, 4.69) is 26.5 Å². The third kappa shape index (κ3) is 7.98. The molecule has 4 amide bonds. The average molecular weight is 455 g/mol. The van der Waals surface area contributed by atoms with Gasteiger partial charge >= 0.3 is 11.8 Å². The molecule has 0 radical (unpaired) electrons. The van der Waals surface area contributed by atoms with E-state index in [4.69, 9.17) is 9.47 Å². The topological polar surface area (TPSA) is 147 Å². The number of hydrogen-bond donors (Lipinski definition) is 4. The zero-order valence-corrected chi connectivity index (χ0v) is 18.6. The van der Waals surface area contributed by atoms with E-state index >= 15 is 0 Å². The number of benzene rings is 2. The Morgan fingerprint density at radius 3 is 2.03 bits per heavy atom. The fourth-order valence-corrected chi connectivity index (χ4v) is 2.61. The van der Waals surface area contributed by atoms with Crippen molar-refractivity contribution in [2.24, 2.45) is 5.10 Å². The van der Waals surface area contributed by atoms with Gasteiger partial charge in [0.2, 0.25) is 11.8 Å². The molecule has 0 aromatic heterocycles. The second-order valence-corrected chi connectivity index (χ2v) is 6.79. The molecule has 0 bridgehead atoms. The molecule has 0 aliphatic carbocycles. The van der Waals surface area contributed by atoms with Gasteiger partial charge in [0, 0.05) is 30.1 Å². The molecule has 2 aromatic carbocycles. The van der Waals surface area contributed by atoms with Crippen molar-refractivity contribution in [2.75, 3.05) is 30.2 Å². The van der Waals surface area contributed by atoms with Gasteiger partial charge in [-0.2, -0.15) is 5.10 Å². The Kier molecular flexibility index (Phi) is 8.92. The first-order valence-electron chi connectivity index (χ1n) is 9.75. The number of amides is 4. The molecule has 0 saturated heterocycles. The van der Waals surface area contributed by atoms with Crippen molar-refractivity contribution in [3.05, 3.63) is 42.5 Å². The molecule has 11 nitrogen and oxygen atoms in total. The zero-order chi connectivity index (χ0) is 24.4. The van der Waals surface area contributed by atoms with Crippen molar-refractivity contribution in [3.8, 4) is 11.5 Å². The number of nitrogens with one attached hydrogen (secondary N) is 4. The van der Waals surface area contributed by atoms with Crippen LogP contribution in [0.5, 0.6) is 11.5 Å². The summed E-state index contributed by atoms with van der Waals surface area (Å²) >= 11 is 0. The maximum Gasteiger partial charge on any atom is 0.329 e. The van der Waals surface area contributed by atoms with Crippen molar-refractivity contribution >= 4 is 46.4 Å². The van der Waals surface area contributed by atoms with Crippen LogP contribution in [0, 0.1) is 0 Å². The Balaban J connectivity index is 1.88. The number of ether oxygens (including phenoxy) is 2. The highest BCUT2D eigenvalue weighted by molar-refractivity contribution is 6.39. The standard InChI is InChI=1S/C22H25N5O6/c1-13(11-20(29)24-16-7-5-15(6-8-16)23-14(2)28)26-27-22(31)21(30)25-18-12-17(32-3)9-10-19(18)33-4/h5-10,12H,11H2,1-4H3,(H,23,28)(H,24,29)(H,25,30)(H,27,31)/b26-13-. The Hall–Kier alpha value is -4.41. The van der Waals surface area contributed by atoms with Crippen LogP contribution in [-0.4, -0.2) is 43.6 Å². The maximum absolute atomic E-state index is 12.2. The highest BCUT2D eigenvalue weighted by Crippen LogP contribution is 2.28.